The number of benzene rings is 2. The van der Waals surface area contributed by atoms with Gasteiger partial charge in [0, 0.05) is 38.7 Å². The number of hydrogen-bond donors (Lipinski definition) is 1. The molecule has 9 heteroatoms. The number of carbonyl (C=O) groups excluding carboxylic acids is 2. The number of carbonyl (C=O) groups is 2. The molecule has 0 bridgehead atoms. The molecule has 33 heavy (non-hydrogen) atoms. The van der Waals surface area contributed by atoms with Gasteiger partial charge in [-0.25, -0.2) is 8.42 Å². The summed E-state index contributed by atoms with van der Waals surface area (Å²) in [7, 11) is -2.34. The highest BCUT2D eigenvalue weighted by molar-refractivity contribution is 7.89. The first-order valence-electron chi connectivity index (χ1n) is 11.1. The van der Waals surface area contributed by atoms with Gasteiger partial charge in [-0.15, -0.1) is 0 Å². The Bertz CT molecular complexity index is 1160. The summed E-state index contributed by atoms with van der Waals surface area (Å²) >= 11 is 0. The van der Waals surface area contributed by atoms with Crippen LogP contribution in [0, 0.1) is 0 Å². The number of rotatable bonds is 5. The van der Waals surface area contributed by atoms with Crippen molar-refractivity contribution in [1.82, 2.24) is 9.21 Å². The van der Waals surface area contributed by atoms with Crippen LogP contribution < -0.4 is 10.1 Å². The lowest BCUT2D eigenvalue weighted by molar-refractivity contribution is -0.138. The van der Waals surface area contributed by atoms with Gasteiger partial charge in [0.1, 0.15) is 16.7 Å². The third-order valence-corrected chi connectivity index (χ3v) is 8.24. The van der Waals surface area contributed by atoms with E-state index in [2.05, 4.69) is 5.32 Å². The Morgan fingerprint density at radius 2 is 1.73 bits per heavy atom. The quantitative estimate of drug-likeness (QED) is 0.724. The van der Waals surface area contributed by atoms with Gasteiger partial charge in [-0.3, -0.25) is 9.59 Å². The van der Waals surface area contributed by atoms with Crippen LogP contribution in [0.5, 0.6) is 5.75 Å². The van der Waals surface area contributed by atoms with E-state index in [0.717, 1.165) is 30.4 Å². The van der Waals surface area contributed by atoms with E-state index in [-0.39, 0.29) is 22.5 Å². The Balaban J connectivity index is 1.60. The molecule has 1 saturated heterocycles. The van der Waals surface area contributed by atoms with E-state index in [1.807, 2.05) is 24.3 Å². The topological polar surface area (TPSA) is 96.0 Å². The number of nitrogens with zero attached hydrogens (tertiary/aromatic N) is 2. The van der Waals surface area contributed by atoms with Crippen molar-refractivity contribution in [3.8, 4) is 5.75 Å². The van der Waals surface area contributed by atoms with Gasteiger partial charge in [-0.2, -0.15) is 4.31 Å². The summed E-state index contributed by atoms with van der Waals surface area (Å²) in [6.07, 6.45) is 3.05. The number of fused-ring (bicyclic) bond motifs is 1. The molecule has 0 aromatic heterocycles. The van der Waals surface area contributed by atoms with Crippen LogP contribution in [-0.4, -0.2) is 55.7 Å². The van der Waals surface area contributed by atoms with Gasteiger partial charge in [0.25, 0.3) is 0 Å². The van der Waals surface area contributed by atoms with Gasteiger partial charge < -0.3 is 15.0 Å². The van der Waals surface area contributed by atoms with Crippen molar-refractivity contribution in [3.05, 3.63) is 53.6 Å². The van der Waals surface area contributed by atoms with E-state index < -0.39 is 16.1 Å². The molecular formula is C24H29N3O5S. The third kappa shape index (κ3) is 4.74. The number of piperidine rings is 1. The van der Waals surface area contributed by atoms with Crippen molar-refractivity contribution in [2.75, 3.05) is 25.5 Å². The molecule has 8 nitrogen and oxygen atoms in total. The second-order valence-corrected chi connectivity index (χ2v) is 10.4. The summed E-state index contributed by atoms with van der Waals surface area (Å²) < 4.78 is 33.3. The molecule has 0 aliphatic carbocycles. The Labute approximate surface area is 194 Å². The Morgan fingerprint density at radius 3 is 2.39 bits per heavy atom. The van der Waals surface area contributed by atoms with Crippen LogP contribution in [0.15, 0.2) is 47.4 Å². The highest BCUT2D eigenvalue weighted by Crippen LogP contribution is 2.32. The number of hydrogen-bond acceptors (Lipinski definition) is 5. The standard InChI is InChI=1S/C24H29N3O5S/c1-17(28)27-16-19-9-5-4-8-18(19)14-21(27)24(29)25-20-10-11-22(32-2)23(15-20)33(30,31)26-12-6-3-7-13-26/h4-5,8-11,15,21H,3,6-7,12-14,16H2,1-2H3,(H,25,29). The van der Waals surface area contributed by atoms with Gasteiger partial charge >= 0.3 is 0 Å². The maximum atomic E-state index is 13.3. The van der Waals surface area contributed by atoms with Crippen LogP contribution in [0.1, 0.15) is 37.3 Å². The lowest BCUT2D eigenvalue weighted by Gasteiger charge is -2.35. The van der Waals surface area contributed by atoms with E-state index in [1.54, 1.807) is 17.0 Å². The molecule has 1 fully saturated rings. The smallest absolute Gasteiger partial charge is 0.247 e. The lowest BCUT2D eigenvalue weighted by atomic mass is 9.93. The Kier molecular flexibility index (Phi) is 6.71. The fourth-order valence-electron chi connectivity index (χ4n) is 4.51. The molecule has 4 rings (SSSR count). The predicted octanol–water partition coefficient (Wildman–Crippen LogP) is 2.78. The van der Waals surface area contributed by atoms with Crippen LogP contribution in [0.25, 0.3) is 0 Å². The van der Waals surface area contributed by atoms with Crippen LogP contribution in [-0.2, 0) is 32.6 Å². The van der Waals surface area contributed by atoms with Gasteiger partial charge in [-0.1, -0.05) is 30.7 Å². The predicted molar refractivity (Wildman–Crippen MR) is 124 cm³/mol. The number of amides is 2. The molecule has 1 unspecified atom stereocenters. The molecule has 2 aromatic rings. The fraction of sp³-hybridized carbons (Fsp3) is 0.417. The molecule has 176 valence electrons. The summed E-state index contributed by atoms with van der Waals surface area (Å²) in [4.78, 5) is 27.1. The van der Waals surface area contributed by atoms with Crippen molar-refractivity contribution in [2.45, 2.75) is 50.1 Å². The van der Waals surface area contributed by atoms with Gasteiger partial charge in [0.2, 0.25) is 21.8 Å². The SMILES string of the molecule is COc1ccc(NC(=O)C2Cc3ccccc3CN2C(C)=O)cc1S(=O)(=O)N1CCCCC1. The Hall–Kier alpha value is -2.91. The molecule has 0 saturated carbocycles. The van der Waals surface area contributed by atoms with E-state index in [9.17, 15) is 18.0 Å². The first-order chi connectivity index (χ1) is 15.8. The zero-order chi connectivity index (χ0) is 23.6. The lowest BCUT2D eigenvalue weighted by Crippen LogP contribution is -2.49. The van der Waals surface area contributed by atoms with Crippen molar-refractivity contribution < 1.29 is 22.7 Å². The summed E-state index contributed by atoms with van der Waals surface area (Å²) in [6, 6.07) is 11.7. The normalized spacial score (nSPS) is 19.0. The van der Waals surface area contributed by atoms with Crippen molar-refractivity contribution >= 4 is 27.5 Å². The highest BCUT2D eigenvalue weighted by Gasteiger charge is 2.34. The number of methoxy groups -OCH3 is 1. The summed E-state index contributed by atoms with van der Waals surface area (Å²) in [5.74, 6) is -0.311. The largest absolute Gasteiger partial charge is 0.495 e. The average molecular weight is 472 g/mol. The molecule has 0 radical (unpaired) electrons. The van der Waals surface area contributed by atoms with Crippen molar-refractivity contribution in [1.29, 1.82) is 0 Å². The first-order valence-corrected chi connectivity index (χ1v) is 12.6. The third-order valence-electron chi connectivity index (χ3n) is 6.32. The Morgan fingerprint density at radius 1 is 1.03 bits per heavy atom. The van der Waals surface area contributed by atoms with Gasteiger partial charge in [0.15, 0.2) is 0 Å². The first kappa shape index (κ1) is 23.3. The van der Waals surface area contributed by atoms with E-state index in [4.69, 9.17) is 4.74 Å². The van der Waals surface area contributed by atoms with Gasteiger partial charge in [0.05, 0.1) is 7.11 Å². The maximum Gasteiger partial charge on any atom is 0.247 e. The fourth-order valence-corrected chi connectivity index (χ4v) is 6.21. The van der Waals surface area contributed by atoms with E-state index in [1.165, 1.54) is 24.4 Å². The zero-order valence-corrected chi connectivity index (χ0v) is 19.7. The summed E-state index contributed by atoms with van der Waals surface area (Å²) in [6.45, 7) is 2.75. The molecule has 2 amide bonds. The molecular weight excluding hydrogens is 442 g/mol. The molecule has 2 aromatic carbocycles. The minimum atomic E-state index is -3.76. The maximum absolute atomic E-state index is 13.3. The van der Waals surface area contributed by atoms with Crippen LogP contribution in [0.2, 0.25) is 0 Å². The number of anilines is 1. The van der Waals surface area contributed by atoms with E-state index >= 15 is 0 Å². The van der Waals surface area contributed by atoms with Crippen molar-refractivity contribution in [2.24, 2.45) is 0 Å². The second-order valence-electron chi connectivity index (χ2n) is 8.46. The summed E-state index contributed by atoms with van der Waals surface area (Å²) in [5, 5.41) is 2.82. The molecule has 1 N–H and O–H groups in total. The van der Waals surface area contributed by atoms with Crippen LogP contribution in [0.4, 0.5) is 5.69 Å². The highest BCUT2D eigenvalue weighted by atomic mass is 32.2. The number of nitrogens with one attached hydrogen (secondary N) is 1. The van der Waals surface area contributed by atoms with Crippen LogP contribution in [0.3, 0.4) is 0 Å². The number of ether oxygens (including phenoxy) is 1. The zero-order valence-electron chi connectivity index (χ0n) is 18.9. The average Bonchev–Trinajstić information content (AvgIpc) is 2.83. The molecule has 1 atom stereocenters. The van der Waals surface area contributed by atoms with Crippen LogP contribution >= 0.6 is 0 Å². The second kappa shape index (κ2) is 9.52. The van der Waals surface area contributed by atoms with E-state index in [0.29, 0.717) is 31.7 Å². The summed E-state index contributed by atoms with van der Waals surface area (Å²) in [5.41, 5.74) is 2.40. The molecule has 0 spiro atoms. The van der Waals surface area contributed by atoms with Crippen molar-refractivity contribution in [3.63, 3.8) is 0 Å². The molecule has 2 aliphatic rings. The molecule has 2 aliphatic heterocycles. The monoisotopic (exact) mass is 471 g/mol. The minimum Gasteiger partial charge on any atom is -0.495 e. The number of sulfonamides is 1. The minimum absolute atomic E-state index is 0.0297. The molecule has 2 heterocycles. The van der Waals surface area contributed by atoms with Gasteiger partial charge in [-0.05, 0) is 42.2 Å².